The topological polar surface area (TPSA) is 67.4 Å². The summed E-state index contributed by atoms with van der Waals surface area (Å²) in [7, 11) is 0. The summed E-state index contributed by atoms with van der Waals surface area (Å²) in [4.78, 5) is 24.2. The first kappa shape index (κ1) is 15.9. The van der Waals surface area contributed by atoms with E-state index in [1.807, 2.05) is 32.0 Å². The number of ether oxygens (including phenoxy) is 1. The van der Waals surface area contributed by atoms with E-state index in [4.69, 9.17) is 4.74 Å². The molecule has 0 saturated carbocycles. The number of rotatable bonds is 4. The Labute approximate surface area is 139 Å². The zero-order valence-electron chi connectivity index (χ0n) is 13.3. The Bertz CT molecular complexity index is 668. The molecule has 7 heteroatoms. The molecule has 0 spiro atoms. The number of carbonyl (C=O) groups is 1. The van der Waals surface area contributed by atoms with Crippen LogP contribution < -0.4 is 10.2 Å². The number of aromatic nitrogens is 2. The molecular formula is C16H20N4O2S. The molecule has 2 aromatic heterocycles. The zero-order valence-corrected chi connectivity index (χ0v) is 14.1. The molecule has 2 aromatic rings. The van der Waals surface area contributed by atoms with E-state index in [-0.39, 0.29) is 11.9 Å². The number of pyridine rings is 1. The van der Waals surface area contributed by atoms with Gasteiger partial charge in [0.2, 0.25) is 0 Å². The minimum absolute atomic E-state index is 0.0994. The fourth-order valence-electron chi connectivity index (χ4n) is 2.45. The largest absolute Gasteiger partial charge is 0.378 e. The number of aryl methyl sites for hydroxylation is 1. The van der Waals surface area contributed by atoms with Gasteiger partial charge in [-0.15, -0.1) is 0 Å². The molecule has 3 rings (SSSR count). The van der Waals surface area contributed by atoms with Crippen LogP contribution in [0.25, 0.3) is 0 Å². The highest BCUT2D eigenvalue weighted by Crippen LogP contribution is 2.27. The molecule has 1 fully saturated rings. The summed E-state index contributed by atoms with van der Waals surface area (Å²) in [5.41, 5.74) is 1.61. The maximum Gasteiger partial charge on any atom is 0.263 e. The van der Waals surface area contributed by atoms with Gasteiger partial charge in [-0.05, 0) is 26.0 Å². The summed E-state index contributed by atoms with van der Waals surface area (Å²) in [5, 5.41) is 3.89. The van der Waals surface area contributed by atoms with Crippen LogP contribution in [0.2, 0.25) is 0 Å². The molecule has 0 unspecified atom stereocenters. The summed E-state index contributed by atoms with van der Waals surface area (Å²) in [5.74, 6) is -0.0994. The van der Waals surface area contributed by atoms with E-state index in [1.165, 1.54) is 11.3 Å². The minimum atomic E-state index is -0.142. The molecule has 3 heterocycles. The fourth-order valence-corrected chi connectivity index (χ4v) is 3.47. The number of thiazole rings is 1. The van der Waals surface area contributed by atoms with Crippen molar-refractivity contribution >= 4 is 22.4 Å². The number of hydrogen-bond donors (Lipinski definition) is 1. The molecule has 1 atom stereocenters. The van der Waals surface area contributed by atoms with Gasteiger partial charge in [0.15, 0.2) is 5.13 Å². The Balaban J connectivity index is 1.71. The average molecular weight is 332 g/mol. The van der Waals surface area contributed by atoms with Crippen LogP contribution in [0.5, 0.6) is 0 Å². The van der Waals surface area contributed by atoms with Gasteiger partial charge in [0, 0.05) is 19.3 Å². The van der Waals surface area contributed by atoms with E-state index in [0.717, 1.165) is 29.6 Å². The van der Waals surface area contributed by atoms with Crippen molar-refractivity contribution in [3.63, 3.8) is 0 Å². The normalized spacial score (nSPS) is 16.2. The third-order valence-electron chi connectivity index (χ3n) is 3.75. The van der Waals surface area contributed by atoms with Crippen LogP contribution in [0.15, 0.2) is 24.4 Å². The lowest BCUT2D eigenvalue weighted by molar-refractivity contribution is 0.0942. The van der Waals surface area contributed by atoms with Crippen LogP contribution in [0.1, 0.15) is 34.0 Å². The van der Waals surface area contributed by atoms with Crippen molar-refractivity contribution in [2.24, 2.45) is 0 Å². The molecule has 1 aliphatic rings. The average Bonchev–Trinajstić information content (AvgIpc) is 2.98. The van der Waals surface area contributed by atoms with E-state index in [2.05, 4.69) is 20.2 Å². The number of anilines is 1. The zero-order chi connectivity index (χ0) is 16.2. The molecular weight excluding hydrogens is 312 g/mol. The second-order valence-electron chi connectivity index (χ2n) is 5.46. The Kier molecular flexibility index (Phi) is 4.88. The number of nitrogens with one attached hydrogen (secondary N) is 1. The van der Waals surface area contributed by atoms with Gasteiger partial charge in [0.1, 0.15) is 4.88 Å². The second-order valence-corrected chi connectivity index (χ2v) is 6.44. The predicted octanol–water partition coefficient (Wildman–Crippen LogP) is 2.17. The van der Waals surface area contributed by atoms with Crippen LogP contribution in [0.4, 0.5) is 5.13 Å². The van der Waals surface area contributed by atoms with Gasteiger partial charge >= 0.3 is 0 Å². The highest BCUT2D eigenvalue weighted by atomic mass is 32.1. The van der Waals surface area contributed by atoms with E-state index < -0.39 is 0 Å². The van der Waals surface area contributed by atoms with Gasteiger partial charge in [-0.3, -0.25) is 9.78 Å². The SMILES string of the molecule is Cc1nc(N2CCOCC2)sc1C(=O)N[C@H](C)c1ccccn1. The summed E-state index contributed by atoms with van der Waals surface area (Å²) in [6.45, 7) is 6.85. The molecule has 1 aliphatic heterocycles. The first-order valence-electron chi connectivity index (χ1n) is 7.67. The minimum Gasteiger partial charge on any atom is -0.378 e. The van der Waals surface area contributed by atoms with Gasteiger partial charge in [-0.2, -0.15) is 0 Å². The lowest BCUT2D eigenvalue weighted by Gasteiger charge is -2.26. The molecule has 23 heavy (non-hydrogen) atoms. The van der Waals surface area contributed by atoms with E-state index >= 15 is 0 Å². The number of carbonyl (C=O) groups excluding carboxylic acids is 1. The van der Waals surface area contributed by atoms with Crippen molar-refractivity contribution in [3.8, 4) is 0 Å². The van der Waals surface area contributed by atoms with E-state index in [0.29, 0.717) is 18.1 Å². The highest BCUT2D eigenvalue weighted by molar-refractivity contribution is 7.17. The van der Waals surface area contributed by atoms with Gasteiger partial charge in [-0.25, -0.2) is 4.98 Å². The number of amides is 1. The van der Waals surface area contributed by atoms with Crippen LogP contribution >= 0.6 is 11.3 Å². The van der Waals surface area contributed by atoms with Crippen molar-refractivity contribution < 1.29 is 9.53 Å². The summed E-state index contributed by atoms with van der Waals surface area (Å²) in [6.07, 6.45) is 1.73. The van der Waals surface area contributed by atoms with Gasteiger partial charge in [-0.1, -0.05) is 17.4 Å². The van der Waals surface area contributed by atoms with E-state index in [1.54, 1.807) is 6.20 Å². The lowest BCUT2D eigenvalue weighted by Crippen LogP contribution is -2.36. The van der Waals surface area contributed by atoms with Crippen molar-refractivity contribution in [2.45, 2.75) is 19.9 Å². The molecule has 0 aromatic carbocycles. The lowest BCUT2D eigenvalue weighted by atomic mass is 10.2. The Morgan fingerprint density at radius 2 is 2.17 bits per heavy atom. The predicted molar refractivity (Wildman–Crippen MR) is 90.0 cm³/mol. The fraction of sp³-hybridized carbons (Fsp3) is 0.438. The summed E-state index contributed by atoms with van der Waals surface area (Å²) < 4.78 is 5.36. The van der Waals surface area contributed by atoms with Gasteiger partial charge in [0.25, 0.3) is 5.91 Å². The van der Waals surface area contributed by atoms with Crippen LogP contribution in [-0.4, -0.2) is 42.2 Å². The van der Waals surface area contributed by atoms with Crippen molar-refractivity contribution in [1.82, 2.24) is 15.3 Å². The maximum atomic E-state index is 12.5. The third-order valence-corrected chi connectivity index (χ3v) is 4.97. The number of morpholine rings is 1. The third kappa shape index (κ3) is 3.68. The Hall–Kier alpha value is -1.99. The first-order chi connectivity index (χ1) is 11.1. The van der Waals surface area contributed by atoms with Crippen molar-refractivity contribution in [3.05, 3.63) is 40.7 Å². The van der Waals surface area contributed by atoms with Crippen LogP contribution in [0, 0.1) is 6.92 Å². The standard InChI is InChI=1S/C16H20N4O2S/c1-11(13-5-3-4-6-17-13)18-15(21)14-12(2)19-16(23-14)20-7-9-22-10-8-20/h3-6,11H,7-10H2,1-2H3,(H,18,21)/t11-/m1/s1. The quantitative estimate of drug-likeness (QED) is 0.929. The van der Waals surface area contributed by atoms with E-state index in [9.17, 15) is 4.79 Å². The number of nitrogens with zero attached hydrogens (tertiary/aromatic N) is 3. The van der Waals surface area contributed by atoms with Gasteiger partial charge < -0.3 is 15.0 Å². The molecule has 122 valence electrons. The molecule has 0 bridgehead atoms. The Morgan fingerprint density at radius 1 is 1.39 bits per heavy atom. The Morgan fingerprint density at radius 3 is 2.87 bits per heavy atom. The number of hydrogen-bond acceptors (Lipinski definition) is 6. The van der Waals surface area contributed by atoms with Crippen molar-refractivity contribution in [2.75, 3.05) is 31.2 Å². The molecule has 6 nitrogen and oxygen atoms in total. The summed E-state index contributed by atoms with van der Waals surface area (Å²) in [6, 6.07) is 5.54. The monoisotopic (exact) mass is 332 g/mol. The highest BCUT2D eigenvalue weighted by Gasteiger charge is 2.21. The van der Waals surface area contributed by atoms with Crippen LogP contribution in [-0.2, 0) is 4.74 Å². The van der Waals surface area contributed by atoms with Crippen LogP contribution in [0.3, 0.4) is 0 Å². The van der Waals surface area contributed by atoms with Gasteiger partial charge in [0.05, 0.1) is 30.6 Å². The van der Waals surface area contributed by atoms with Crippen molar-refractivity contribution in [1.29, 1.82) is 0 Å². The molecule has 1 saturated heterocycles. The molecule has 0 aliphatic carbocycles. The smallest absolute Gasteiger partial charge is 0.263 e. The second kappa shape index (κ2) is 7.06. The summed E-state index contributed by atoms with van der Waals surface area (Å²) >= 11 is 1.44. The first-order valence-corrected chi connectivity index (χ1v) is 8.48. The molecule has 1 N–H and O–H groups in total. The molecule has 1 amide bonds. The molecule has 0 radical (unpaired) electrons. The maximum absolute atomic E-state index is 12.5.